The maximum absolute atomic E-state index is 12.4. The highest BCUT2D eigenvalue weighted by Gasteiger charge is 2.26. The zero-order valence-corrected chi connectivity index (χ0v) is 13.5. The van der Waals surface area contributed by atoms with Crippen molar-refractivity contribution in [2.75, 3.05) is 6.61 Å². The number of benzene rings is 3. The molecule has 0 saturated carbocycles. The van der Waals surface area contributed by atoms with Crippen molar-refractivity contribution in [3.8, 4) is 5.75 Å². The van der Waals surface area contributed by atoms with Gasteiger partial charge in [-0.2, -0.15) is 5.10 Å². The molecule has 5 rings (SSSR count). The summed E-state index contributed by atoms with van der Waals surface area (Å²) in [5.74, 6) is 0.262. The van der Waals surface area contributed by atoms with E-state index in [1.54, 1.807) is 6.20 Å². The molecule has 124 valence electrons. The average molecular weight is 332 g/mol. The van der Waals surface area contributed by atoms with Gasteiger partial charge in [-0.05, 0) is 47.2 Å². The Bertz CT molecular complexity index is 1110. The van der Waals surface area contributed by atoms with Gasteiger partial charge in [0.05, 0.1) is 11.7 Å². The lowest BCUT2D eigenvalue weighted by molar-refractivity contribution is -0.144. The molecule has 0 amide bonds. The van der Waals surface area contributed by atoms with Gasteiger partial charge in [-0.1, -0.05) is 24.3 Å². The van der Waals surface area contributed by atoms with E-state index in [4.69, 9.17) is 9.47 Å². The molecular weight excluding hydrogens is 316 g/mol. The SMILES string of the molecule is O=C(Oc1cccc2ccc3cc4[nH]ncc4cc3c12)[C@H]1CCCO1. The van der Waals surface area contributed by atoms with Gasteiger partial charge in [0.15, 0.2) is 6.10 Å². The number of esters is 1. The minimum Gasteiger partial charge on any atom is -0.424 e. The van der Waals surface area contributed by atoms with E-state index < -0.39 is 6.10 Å². The molecule has 1 aromatic heterocycles. The fourth-order valence-corrected chi connectivity index (χ4v) is 3.54. The number of rotatable bonds is 2. The Balaban J connectivity index is 1.70. The normalized spacial score (nSPS) is 17.5. The third-order valence-corrected chi connectivity index (χ3v) is 4.78. The quantitative estimate of drug-likeness (QED) is 0.343. The summed E-state index contributed by atoms with van der Waals surface area (Å²) in [6, 6.07) is 14.0. The smallest absolute Gasteiger partial charge is 0.340 e. The van der Waals surface area contributed by atoms with E-state index in [1.807, 2.05) is 24.3 Å². The van der Waals surface area contributed by atoms with E-state index >= 15 is 0 Å². The van der Waals surface area contributed by atoms with Gasteiger partial charge in [0, 0.05) is 17.4 Å². The number of nitrogens with one attached hydrogen (secondary N) is 1. The summed E-state index contributed by atoms with van der Waals surface area (Å²) in [5.41, 5.74) is 0.987. The molecule has 5 nitrogen and oxygen atoms in total. The van der Waals surface area contributed by atoms with Crippen LogP contribution < -0.4 is 4.74 Å². The van der Waals surface area contributed by atoms with Crippen molar-refractivity contribution < 1.29 is 14.3 Å². The number of hydrogen-bond acceptors (Lipinski definition) is 4. The molecule has 5 heteroatoms. The zero-order valence-electron chi connectivity index (χ0n) is 13.5. The van der Waals surface area contributed by atoms with Crippen molar-refractivity contribution in [3.05, 3.63) is 48.7 Å². The van der Waals surface area contributed by atoms with Gasteiger partial charge < -0.3 is 9.47 Å². The number of fused-ring (bicyclic) bond motifs is 4. The van der Waals surface area contributed by atoms with Crippen LogP contribution in [0.1, 0.15) is 12.8 Å². The number of carbonyl (C=O) groups excluding carboxylic acids is 1. The van der Waals surface area contributed by atoms with E-state index in [0.717, 1.165) is 45.3 Å². The Labute approximate surface area is 143 Å². The second-order valence-electron chi connectivity index (χ2n) is 6.37. The molecule has 0 aliphatic carbocycles. The maximum atomic E-state index is 12.4. The van der Waals surface area contributed by atoms with Crippen molar-refractivity contribution in [2.45, 2.75) is 18.9 Å². The van der Waals surface area contributed by atoms with Gasteiger partial charge in [-0.15, -0.1) is 0 Å². The molecule has 25 heavy (non-hydrogen) atoms. The standard InChI is InChI=1S/C20H16N2O3/c23-20(18-5-2-8-24-18)25-17-4-1-3-12-6-7-13-10-16-14(11-21-22-16)9-15(13)19(12)17/h1,3-4,6-7,9-11,18H,2,5,8H2,(H,21,22)/t18-/m1/s1. The number of hydrogen-bond donors (Lipinski definition) is 1. The largest absolute Gasteiger partial charge is 0.424 e. The average Bonchev–Trinajstić information content (AvgIpc) is 3.31. The predicted octanol–water partition coefficient (Wildman–Crippen LogP) is 3.95. The van der Waals surface area contributed by atoms with Crippen LogP contribution in [-0.4, -0.2) is 28.9 Å². The van der Waals surface area contributed by atoms with Crippen molar-refractivity contribution >= 4 is 38.4 Å². The van der Waals surface area contributed by atoms with Gasteiger partial charge in [-0.25, -0.2) is 4.79 Å². The summed E-state index contributed by atoms with van der Waals surface area (Å²) in [5, 5.41) is 12.2. The Kier molecular flexibility index (Phi) is 3.21. The van der Waals surface area contributed by atoms with Crippen LogP contribution in [-0.2, 0) is 9.53 Å². The lowest BCUT2D eigenvalue weighted by Gasteiger charge is -2.13. The fourth-order valence-electron chi connectivity index (χ4n) is 3.54. The molecule has 0 unspecified atom stereocenters. The Morgan fingerprint density at radius 2 is 2.08 bits per heavy atom. The van der Waals surface area contributed by atoms with Gasteiger partial charge in [0.1, 0.15) is 5.75 Å². The minimum absolute atomic E-state index is 0.314. The van der Waals surface area contributed by atoms with E-state index in [1.165, 1.54) is 0 Å². The van der Waals surface area contributed by atoms with Crippen LogP contribution in [0, 0.1) is 0 Å². The molecule has 1 saturated heterocycles. The van der Waals surface area contributed by atoms with Gasteiger partial charge in [-0.3, -0.25) is 5.10 Å². The Morgan fingerprint density at radius 1 is 1.16 bits per heavy atom. The summed E-state index contributed by atoms with van der Waals surface area (Å²) in [6.07, 6.45) is 2.97. The second-order valence-corrected chi connectivity index (χ2v) is 6.37. The van der Waals surface area contributed by atoms with Gasteiger partial charge in [0.2, 0.25) is 0 Å². The lowest BCUT2D eigenvalue weighted by Crippen LogP contribution is -2.24. The molecule has 3 aromatic carbocycles. The highest BCUT2D eigenvalue weighted by molar-refractivity contribution is 6.14. The monoisotopic (exact) mass is 332 g/mol. The van der Waals surface area contributed by atoms with E-state index in [0.29, 0.717) is 12.4 Å². The van der Waals surface area contributed by atoms with Crippen LogP contribution in [0.25, 0.3) is 32.4 Å². The van der Waals surface area contributed by atoms with Gasteiger partial charge in [0.25, 0.3) is 0 Å². The van der Waals surface area contributed by atoms with Crippen LogP contribution in [0.2, 0.25) is 0 Å². The molecule has 1 fully saturated rings. The number of aromatic nitrogens is 2. The zero-order chi connectivity index (χ0) is 16.8. The molecule has 2 heterocycles. The molecule has 1 atom stereocenters. The first-order chi connectivity index (χ1) is 12.3. The number of carbonyl (C=O) groups is 1. The van der Waals surface area contributed by atoms with Crippen molar-refractivity contribution in [2.24, 2.45) is 0 Å². The third-order valence-electron chi connectivity index (χ3n) is 4.78. The van der Waals surface area contributed by atoms with Crippen molar-refractivity contribution in [1.82, 2.24) is 10.2 Å². The summed E-state index contributed by atoms with van der Waals surface area (Å²) in [4.78, 5) is 12.4. The highest BCUT2D eigenvalue weighted by atomic mass is 16.6. The topological polar surface area (TPSA) is 64.2 Å². The maximum Gasteiger partial charge on any atom is 0.340 e. The molecule has 1 N–H and O–H groups in total. The number of nitrogens with zero attached hydrogens (tertiary/aromatic N) is 1. The molecular formula is C20H16N2O3. The van der Waals surface area contributed by atoms with Crippen LogP contribution in [0.4, 0.5) is 0 Å². The number of aromatic amines is 1. The summed E-state index contributed by atoms with van der Waals surface area (Å²) in [6.45, 7) is 0.622. The number of ether oxygens (including phenoxy) is 2. The first-order valence-electron chi connectivity index (χ1n) is 8.41. The Hall–Kier alpha value is -2.92. The van der Waals surface area contributed by atoms with Crippen LogP contribution in [0.3, 0.4) is 0 Å². The lowest BCUT2D eigenvalue weighted by atomic mass is 10.00. The first-order valence-corrected chi connectivity index (χ1v) is 8.41. The molecule has 1 aliphatic rings. The molecule has 0 radical (unpaired) electrons. The highest BCUT2D eigenvalue weighted by Crippen LogP contribution is 2.35. The van der Waals surface area contributed by atoms with Crippen LogP contribution in [0.15, 0.2) is 48.7 Å². The first kappa shape index (κ1) is 14.4. The second kappa shape index (κ2) is 5.57. The molecule has 4 aromatic rings. The molecule has 0 bridgehead atoms. The molecule has 0 spiro atoms. The third kappa shape index (κ3) is 2.36. The summed E-state index contributed by atoms with van der Waals surface area (Å²) < 4.78 is 11.2. The van der Waals surface area contributed by atoms with Crippen LogP contribution >= 0.6 is 0 Å². The number of H-pyrrole nitrogens is 1. The molecule has 1 aliphatic heterocycles. The predicted molar refractivity (Wildman–Crippen MR) is 95.7 cm³/mol. The van der Waals surface area contributed by atoms with Crippen LogP contribution in [0.5, 0.6) is 5.75 Å². The Morgan fingerprint density at radius 3 is 2.96 bits per heavy atom. The summed E-state index contributed by atoms with van der Waals surface area (Å²) >= 11 is 0. The van der Waals surface area contributed by atoms with Gasteiger partial charge >= 0.3 is 5.97 Å². The summed E-state index contributed by atoms with van der Waals surface area (Å²) in [7, 11) is 0. The minimum atomic E-state index is -0.453. The van der Waals surface area contributed by atoms with E-state index in [2.05, 4.69) is 28.4 Å². The van der Waals surface area contributed by atoms with E-state index in [-0.39, 0.29) is 5.97 Å². The fraction of sp³-hybridized carbons (Fsp3) is 0.200. The van der Waals surface area contributed by atoms with Crippen molar-refractivity contribution in [3.63, 3.8) is 0 Å². The van der Waals surface area contributed by atoms with E-state index in [9.17, 15) is 4.79 Å². The van der Waals surface area contributed by atoms with Crippen molar-refractivity contribution in [1.29, 1.82) is 0 Å².